The molecular weight excluding hydrogens is 388 g/mol. The van der Waals surface area contributed by atoms with Crippen LogP contribution < -0.4 is 10.1 Å². The number of fused-ring (bicyclic) bond motifs is 1. The van der Waals surface area contributed by atoms with Gasteiger partial charge in [0.05, 0.1) is 0 Å². The van der Waals surface area contributed by atoms with Gasteiger partial charge < -0.3 is 14.5 Å². The Balaban J connectivity index is 1.26. The fraction of sp³-hybridized carbons (Fsp3) is 0. The van der Waals surface area contributed by atoms with Crippen LogP contribution in [0, 0.1) is 0 Å². The molecule has 0 saturated heterocycles. The Kier molecular flexibility index (Phi) is 4.91. The smallest absolute Gasteiger partial charge is 0.255 e. The number of hydrogen-bond donors (Lipinski definition) is 1. The molecule has 0 aliphatic heterocycles. The zero-order chi connectivity index (χ0) is 21.0. The van der Waals surface area contributed by atoms with Crippen LogP contribution in [0.4, 0.5) is 5.69 Å². The first-order valence-corrected chi connectivity index (χ1v) is 9.85. The Morgan fingerprint density at radius 3 is 2.16 bits per heavy atom. The van der Waals surface area contributed by atoms with E-state index in [2.05, 4.69) is 10.3 Å². The Hall–Kier alpha value is -4.38. The molecule has 31 heavy (non-hydrogen) atoms. The minimum atomic E-state index is -0.194. The van der Waals surface area contributed by atoms with Gasteiger partial charge in [-0.2, -0.15) is 0 Å². The lowest BCUT2D eigenvalue weighted by atomic mass is 10.1. The van der Waals surface area contributed by atoms with E-state index >= 15 is 0 Å². The fourth-order valence-electron chi connectivity index (χ4n) is 3.19. The molecule has 0 radical (unpaired) electrons. The van der Waals surface area contributed by atoms with Crippen molar-refractivity contribution in [2.75, 3.05) is 5.32 Å². The number of nitrogens with zero attached hydrogens (tertiary/aromatic N) is 1. The summed E-state index contributed by atoms with van der Waals surface area (Å²) in [7, 11) is 0. The third-order valence-corrected chi connectivity index (χ3v) is 4.78. The van der Waals surface area contributed by atoms with Crippen LogP contribution >= 0.6 is 0 Å². The van der Waals surface area contributed by atoms with Gasteiger partial charge in [-0.3, -0.25) is 4.79 Å². The van der Waals surface area contributed by atoms with Crippen LogP contribution in [-0.4, -0.2) is 10.9 Å². The second kappa shape index (κ2) is 8.16. The second-order valence-corrected chi connectivity index (χ2v) is 6.96. The number of aromatic nitrogens is 1. The lowest BCUT2D eigenvalue weighted by molar-refractivity contribution is 0.102. The molecule has 1 heterocycles. The van der Waals surface area contributed by atoms with Crippen LogP contribution in [0.1, 0.15) is 10.4 Å². The summed E-state index contributed by atoms with van der Waals surface area (Å²) in [6.07, 6.45) is 0. The highest BCUT2D eigenvalue weighted by atomic mass is 16.5. The number of nitrogens with one attached hydrogen (secondary N) is 1. The number of carbonyl (C=O) groups is 1. The van der Waals surface area contributed by atoms with Crippen LogP contribution in [0.5, 0.6) is 11.5 Å². The van der Waals surface area contributed by atoms with Gasteiger partial charge in [0.2, 0.25) is 5.89 Å². The molecule has 0 unspecified atom stereocenters. The van der Waals surface area contributed by atoms with Crippen LogP contribution in [0.2, 0.25) is 0 Å². The average Bonchev–Trinajstić information content (AvgIpc) is 3.25. The molecule has 0 atom stereocenters. The molecule has 4 aromatic carbocycles. The number of para-hydroxylation sites is 3. The van der Waals surface area contributed by atoms with E-state index in [0.717, 1.165) is 22.4 Å². The molecule has 1 aromatic heterocycles. The van der Waals surface area contributed by atoms with E-state index in [9.17, 15) is 4.79 Å². The maximum absolute atomic E-state index is 12.6. The van der Waals surface area contributed by atoms with Gasteiger partial charge >= 0.3 is 0 Å². The molecule has 1 N–H and O–H groups in total. The van der Waals surface area contributed by atoms with E-state index in [1.54, 1.807) is 24.3 Å². The Morgan fingerprint density at radius 1 is 0.742 bits per heavy atom. The molecule has 150 valence electrons. The number of rotatable bonds is 5. The predicted molar refractivity (Wildman–Crippen MR) is 120 cm³/mol. The van der Waals surface area contributed by atoms with E-state index in [1.807, 2.05) is 78.9 Å². The number of oxazole rings is 1. The minimum absolute atomic E-state index is 0.194. The van der Waals surface area contributed by atoms with Gasteiger partial charge in [-0.25, -0.2) is 4.98 Å². The first kappa shape index (κ1) is 18.6. The topological polar surface area (TPSA) is 64.4 Å². The van der Waals surface area contributed by atoms with E-state index in [0.29, 0.717) is 22.9 Å². The first-order valence-electron chi connectivity index (χ1n) is 9.85. The summed E-state index contributed by atoms with van der Waals surface area (Å²) in [5.74, 6) is 1.78. The van der Waals surface area contributed by atoms with Gasteiger partial charge in [-0.05, 0) is 72.8 Å². The van der Waals surface area contributed by atoms with Gasteiger partial charge in [0.1, 0.15) is 17.0 Å². The monoisotopic (exact) mass is 406 g/mol. The molecule has 5 aromatic rings. The molecule has 5 nitrogen and oxygen atoms in total. The molecule has 5 rings (SSSR count). The first-order chi connectivity index (χ1) is 15.2. The summed E-state index contributed by atoms with van der Waals surface area (Å²) in [6.45, 7) is 0. The maximum atomic E-state index is 12.6. The lowest BCUT2D eigenvalue weighted by Crippen LogP contribution is -2.11. The summed E-state index contributed by atoms with van der Waals surface area (Å²) >= 11 is 0. The predicted octanol–water partition coefficient (Wildman–Crippen LogP) is 6.54. The number of anilines is 1. The van der Waals surface area contributed by atoms with Crippen molar-refractivity contribution in [1.29, 1.82) is 0 Å². The zero-order valence-electron chi connectivity index (χ0n) is 16.5. The van der Waals surface area contributed by atoms with Gasteiger partial charge in [0.15, 0.2) is 5.58 Å². The summed E-state index contributed by atoms with van der Waals surface area (Å²) in [6, 6.07) is 31.6. The number of carbonyl (C=O) groups excluding carboxylic acids is 1. The van der Waals surface area contributed by atoms with Gasteiger partial charge in [0.25, 0.3) is 5.91 Å². The quantitative estimate of drug-likeness (QED) is 0.360. The van der Waals surface area contributed by atoms with E-state index in [-0.39, 0.29) is 5.91 Å². The fourth-order valence-corrected chi connectivity index (χ4v) is 3.19. The highest BCUT2D eigenvalue weighted by molar-refractivity contribution is 6.04. The van der Waals surface area contributed by atoms with Crippen molar-refractivity contribution in [2.24, 2.45) is 0 Å². The van der Waals surface area contributed by atoms with Gasteiger partial charge in [0, 0.05) is 16.8 Å². The molecule has 0 fully saturated rings. The largest absolute Gasteiger partial charge is 0.457 e. The van der Waals surface area contributed by atoms with Crippen molar-refractivity contribution >= 4 is 22.7 Å². The lowest BCUT2D eigenvalue weighted by Gasteiger charge is -2.08. The number of ether oxygens (including phenoxy) is 1. The summed E-state index contributed by atoms with van der Waals surface area (Å²) in [5, 5.41) is 2.90. The van der Waals surface area contributed by atoms with Crippen molar-refractivity contribution < 1.29 is 13.9 Å². The van der Waals surface area contributed by atoms with Crippen molar-refractivity contribution in [2.45, 2.75) is 0 Å². The molecular formula is C26H18N2O3. The SMILES string of the molecule is O=C(Nc1ccc(-c2nc3ccccc3o2)cc1)c1ccc(Oc2ccccc2)cc1. The van der Waals surface area contributed by atoms with Crippen molar-refractivity contribution in [3.8, 4) is 23.0 Å². The Labute approximate surface area is 178 Å². The summed E-state index contributed by atoms with van der Waals surface area (Å²) in [5.41, 5.74) is 3.64. The van der Waals surface area contributed by atoms with Crippen LogP contribution in [0.25, 0.3) is 22.6 Å². The Morgan fingerprint density at radius 2 is 1.42 bits per heavy atom. The third kappa shape index (κ3) is 4.16. The third-order valence-electron chi connectivity index (χ3n) is 4.78. The van der Waals surface area contributed by atoms with Crippen LogP contribution in [0.15, 0.2) is 108 Å². The highest BCUT2D eigenvalue weighted by Gasteiger charge is 2.10. The zero-order valence-corrected chi connectivity index (χ0v) is 16.5. The number of amides is 1. The summed E-state index contributed by atoms with van der Waals surface area (Å²) in [4.78, 5) is 17.1. The molecule has 0 aliphatic carbocycles. The number of benzene rings is 4. The average molecular weight is 406 g/mol. The molecule has 0 spiro atoms. The van der Waals surface area contributed by atoms with Crippen molar-refractivity contribution in [3.63, 3.8) is 0 Å². The molecule has 0 saturated carbocycles. The summed E-state index contributed by atoms with van der Waals surface area (Å²) < 4.78 is 11.5. The normalized spacial score (nSPS) is 10.7. The van der Waals surface area contributed by atoms with Crippen LogP contribution in [0.3, 0.4) is 0 Å². The standard InChI is InChI=1S/C26H18N2O3/c29-25(18-12-16-22(17-13-18)30-21-6-2-1-3-7-21)27-20-14-10-19(11-15-20)26-28-23-8-4-5-9-24(23)31-26/h1-17H,(H,27,29). The van der Waals surface area contributed by atoms with Gasteiger partial charge in [-0.1, -0.05) is 30.3 Å². The molecule has 5 heteroatoms. The molecule has 1 amide bonds. The van der Waals surface area contributed by atoms with Gasteiger partial charge in [-0.15, -0.1) is 0 Å². The van der Waals surface area contributed by atoms with E-state index in [1.165, 1.54) is 0 Å². The van der Waals surface area contributed by atoms with E-state index < -0.39 is 0 Å². The van der Waals surface area contributed by atoms with Crippen molar-refractivity contribution in [1.82, 2.24) is 4.98 Å². The molecule has 0 bridgehead atoms. The minimum Gasteiger partial charge on any atom is -0.457 e. The van der Waals surface area contributed by atoms with Crippen molar-refractivity contribution in [3.05, 3.63) is 109 Å². The highest BCUT2D eigenvalue weighted by Crippen LogP contribution is 2.26. The van der Waals surface area contributed by atoms with E-state index in [4.69, 9.17) is 9.15 Å². The van der Waals surface area contributed by atoms with Crippen LogP contribution in [-0.2, 0) is 0 Å². The molecule has 0 aliphatic rings. The Bertz CT molecular complexity index is 1290. The maximum Gasteiger partial charge on any atom is 0.255 e. The number of hydrogen-bond acceptors (Lipinski definition) is 4. The second-order valence-electron chi connectivity index (χ2n) is 6.96.